The molecule has 1 rings (SSSR count). The first kappa shape index (κ1) is 18.0. The summed E-state index contributed by atoms with van der Waals surface area (Å²) in [6.45, 7) is 9.67. The molecular weight excluding hydrogens is 276 g/mol. The molecule has 0 fully saturated rings. The lowest BCUT2D eigenvalue weighted by Gasteiger charge is -2.20. The molecule has 5 nitrogen and oxygen atoms in total. The summed E-state index contributed by atoms with van der Waals surface area (Å²) in [5, 5.41) is 6.50. The summed E-state index contributed by atoms with van der Waals surface area (Å²) in [5.74, 6) is 0.735. The van der Waals surface area contributed by atoms with Gasteiger partial charge in [-0.1, -0.05) is 37.3 Å². The van der Waals surface area contributed by atoms with Gasteiger partial charge in [-0.15, -0.1) is 0 Å². The van der Waals surface area contributed by atoms with Crippen LogP contribution in [0.1, 0.15) is 39.2 Å². The van der Waals surface area contributed by atoms with Crippen LogP contribution in [0.4, 0.5) is 0 Å². The van der Waals surface area contributed by atoms with Crippen LogP contribution in [-0.2, 0) is 4.79 Å². The maximum absolute atomic E-state index is 11.4. The normalized spacial score (nSPS) is 13.5. The summed E-state index contributed by atoms with van der Waals surface area (Å²) < 4.78 is 0. The molecule has 0 aliphatic rings. The Bertz CT molecular complexity index is 497. The fourth-order valence-electron chi connectivity index (χ4n) is 1.85. The van der Waals surface area contributed by atoms with Crippen molar-refractivity contribution in [2.24, 2.45) is 16.1 Å². The third-order valence-corrected chi connectivity index (χ3v) is 3.59. The smallest absolute Gasteiger partial charge is 0.224 e. The van der Waals surface area contributed by atoms with E-state index in [2.05, 4.69) is 34.7 Å². The molecule has 1 aromatic rings. The largest absolute Gasteiger partial charge is 0.369 e. The SMILES string of the molecule is CCNC(=NCC(C)(C)C(N)=O)NCC(C)c1ccccc1. The Morgan fingerprint density at radius 3 is 2.45 bits per heavy atom. The second kappa shape index (κ2) is 8.41. The highest BCUT2D eigenvalue weighted by Gasteiger charge is 2.24. The maximum atomic E-state index is 11.4. The van der Waals surface area contributed by atoms with E-state index in [1.54, 1.807) is 13.8 Å². The molecule has 0 bridgehead atoms. The minimum absolute atomic E-state index is 0.343. The van der Waals surface area contributed by atoms with Crippen molar-refractivity contribution in [1.82, 2.24) is 10.6 Å². The summed E-state index contributed by atoms with van der Waals surface area (Å²) in [6, 6.07) is 10.3. The van der Waals surface area contributed by atoms with Gasteiger partial charge in [0.05, 0.1) is 12.0 Å². The highest BCUT2D eigenvalue weighted by atomic mass is 16.1. The van der Waals surface area contributed by atoms with Gasteiger partial charge < -0.3 is 16.4 Å². The van der Waals surface area contributed by atoms with Crippen molar-refractivity contribution in [2.75, 3.05) is 19.6 Å². The van der Waals surface area contributed by atoms with Crippen molar-refractivity contribution in [3.63, 3.8) is 0 Å². The monoisotopic (exact) mass is 304 g/mol. The first-order valence-corrected chi connectivity index (χ1v) is 7.74. The molecular formula is C17H28N4O. The van der Waals surface area contributed by atoms with Gasteiger partial charge >= 0.3 is 0 Å². The van der Waals surface area contributed by atoms with Crippen LogP contribution < -0.4 is 16.4 Å². The van der Waals surface area contributed by atoms with Crippen LogP contribution in [0.15, 0.2) is 35.3 Å². The number of nitrogens with zero attached hydrogens (tertiary/aromatic N) is 1. The number of carbonyl (C=O) groups is 1. The topological polar surface area (TPSA) is 79.5 Å². The number of rotatable bonds is 7. The summed E-state index contributed by atoms with van der Waals surface area (Å²) in [5.41, 5.74) is 6.01. The zero-order valence-corrected chi connectivity index (χ0v) is 14.0. The summed E-state index contributed by atoms with van der Waals surface area (Å²) in [6.07, 6.45) is 0. The van der Waals surface area contributed by atoms with Gasteiger partial charge in [-0.3, -0.25) is 9.79 Å². The number of amides is 1. The van der Waals surface area contributed by atoms with Crippen LogP contribution in [-0.4, -0.2) is 31.5 Å². The third-order valence-electron chi connectivity index (χ3n) is 3.59. The van der Waals surface area contributed by atoms with Gasteiger partial charge in [0.15, 0.2) is 5.96 Å². The molecule has 0 saturated carbocycles. The quantitative estimate of drug-likeness (QED) is 0.531. The van der Waals surface area contributed by atoms with Crippen LogP contribution in [0.2, 0.25) is 0 Å². The van der Waals surface area contributed by atoms with Crippen molar-refractivity contribution >= 4 is 11.9 Å². The Kier molecular flexibility index (Phi) is 6.89. The molecule has 1 amide bonds. The Labute approximate surface area is 133 Å². The van der Waals surface area contributed by atoms with E-state index in [1.165, 1.54) is 5.56 Å². The first-order valence-electron chi connectivity index (χ1n) is 7.74. The van der Waals surface area contributed by atoms with Crippen LogP contribution >= 0.6 is 0 Å². The van der Waals surface area contributed by atoms with Gasteiger partial charge in [-0.05, 0) is 32.3 Å². The molecule has 0 saturated heterocycles. The zero-order chi connectivity index (χ0) is 16.6. The van der Waals surface area contributed by atoms with Crippen molar-refractivity contribution in [2.45, 2.75) is 33.6 Å². The molecule has 22 heavy (non-hydrogen) atoms. The average molecular weight is 304 g/mol. The van der Waals surface area contributed by atoms with E-state index in [9.17, 15) is 4.79 Å². The molecule has 0 heterocycles. The minimum atomic E-state index is -0.645. The van der Waals surface area contributed by atoms with E-state index in [-0.39, 0.29) is 5.91 Å². The van der Waals surface area contributed by atoms with Gasteiger partial charge in [-0.2, -0.15) is 0 Å². The molecule has 0 aliphatic heterocycles. The van der Waals surface area contributed by atoms with Gasteiger partial charge in [0, 0.05) is 13.1 Å². The fraction of sp³-hybridized carbons (Fsp3) is 0.529. The van der Waals surface area contributed by atoms with E-state index >= 15 is 0 Å². The van der Waals surface area contributed by atoms with Gasteiger partial charge in [0.2, 0.25) is 5.91 Å². The minimum Gasteiger partial charge on any atom is -0.369 e. The van der Waals surface area contributed by atoms with E-state index in [4.69, 9.17) is 5.73 Å². The van der Waals surface area contributed by atoms with Crippen molar-refractivity contribution in [1.29, 1.82) is 0 Å². The molecule has 5 heteroatoms. The molecule has 0 aliphatic carbocycles. The molecule has 0 spiro atoms. The van der Waals surface area contributed by atoms with Crippen LogP contribution in [0.3, 0.4) is 0 Å². The number of guanidine groups is 1. The molecule has 0 aromatic heterocycles. The van der Waals surface area contributed by atoms with E-state index in [1.807, 2.05) is 25.1 Å². The van der Waals surface area contributed by atoms with Gasteiger partial charge in [-0.25, -0.2) is 0 Å². The number of nitrogens with two attached hydrogens (primary N) is 1. The second-order valence-electron chi connectivity index (χ2n) is 6.14. The first-order chi connectivity index (χ1) is 10.4. The summed E-state index contributed by atoms with van der Waals surface area (Å²) >= 11 is 0. The molecule has 1 unspecified atom stereocenters. The Hall–Kier alpha value is -2.04. The summed E-state index contributed by atoms with van der Waals surface area (Å²) in [7, 11) is 0. The Balaban J connectivity index is 2.62. The number of nitrogens with one attached hydrogen (secondary N) is 2. The number of hydrogen-bond acceptors (Lipinski definition) is 2. The van der Waals surface area contributed by atoms with Gasteiger partial charge in [0.25, 0.3) is 0 Å². The predicted octanol–water partition coefficient (Wildman–Crippen LogP) is 1.86. The van der Waals surface area contributed by atoms with Crippen LogP contribution in [0.25, 0.3) is 0 Å². The molecule has 1 atom stereocenters. The third kappa shape index (κ3) is 5.76. The standard InChI is InChI=1S/C17H28N4O/c1-5-19-16(21-12-17(3,4)15(18)22)20-11-13(2)14-9-7-6-8-10-14/h6-10,13H,5,11-12H2,1-4H3,(H2,18,22)(H2,19,20,21). The number of benzene rings is 1. The highest BCUT2D eigenvalue weighted by Crippen LogP contribution is 2.15. The van der Waals surface area contributed by atoms with Crippen LogP contribution in [0.5, 0.6) is 0 Å². The second-order valence-corrected chi connectivity index (χ2v) is 6.14. The predicted molar refractivity (Wildman–Crippen MR) is 91.8 cm³/mol. The molecule has 0 radical (unpaired) electrons. The van der Waals surface area contributed by atoms with Crippen LogP contribution in [0, 0.1) is 5.41 Å². The number of aliphatic imine (C=N–C) groups is 1. The van der Waals surface area contributed by atoms with E-state index in [0.717, 1.165) is 13.1 Å². The molecule has 122 valence electrons. The molecule has 1 aromatic carbocycles. The lowest BCUT2D eigenvalue weighted by Crippen LogP contribution is -2.41. The average Bonchev–Trinajstić information content (AvgIpc) is 2.50. The Morgan fingerprint density at radius 1 is 1.27 bits per heavy atom. The molecule has 4 N–H and O–H groups in total. The van der Waals surface area contributed by atoms with Gasteiger partial charge in [0.1, 0.15) is 0 Å². The fourth-order valence-corrected chi connectivity index (χ4v) is 1.85. The highest BCUT2D eigenvalue weighted by molar-refractivity contribution is 5.82. The lowest BCUT2D eigenvalue weighted by molar-refractivity contribution is -0.125. The van der Waals surface area contributed by atoms with E-state index < -0.39 is 5.41 Å². The Morgan fingerprint density at radius 2 is 1.91 bits per heavy atom. The van der Waals surface area contributed by atoms with E-state index in [0.29, 0.717) is 18.4 Å². The number of carbonyl (C=O) groups excluding carboxylic acids is 1. The summed E-state index contributed by atoms with van der Waals surface area (Å²) in [4.78, 5) is 15.8. The van der Waals surface area contributed by atoms with Crippen molar-refractivity contribution in [3.05, 3.63) is 35.9 Å². The van der Waals surface area contributed by atoms with Crippen molar-refractivity contribution < 1.29 is 4.79 Å². The number of hydrogen-bond donors (Lipinski definition) is 3. The zero-order valence-electron chi connectivity index (χ0n) is 14.0. The lowest BCUT2D eigenvalue weighted by atomic mass is 9.93. The maximum Gasteiger partial charge on any atom is 0.224 e. The number of primary amides is 1. The van der Waals surface area contributed by atoms with Crippen molar-refractivity contribution in [3.8, 4) is 0 Å².